The van der Waals surface area contributed by atoms with E-state index in [0.29, 0.717) is 0 Å². The molecule has 2 atom stereocenters. The average molecular weight is 296 g/mol. The second-order valence-corrected chi connectivity index (χ2v) is 6.72. The molecule has 0 amide bonds. The number of aliphatic imine (C=N–C) groups is 2. The first-order chi connectivity index (χ1) is 9.45. The molecule has 0 heterocycles. The Kier molecular flexibility index (Phi) is 6.36. The summed E-state index contributed by atoms with van der Waals surface area (Å²) in [6.07, 6.45) is 2.58. The van der Waals surface area contributed by atoms with Gasteiger partial charge in [0.15, 0.2) is 12.1 Å². The third-order valence-electron chi connectivity index (χ3n) is 2.65. The molecule has 0 aromatic heterocycles. The molecule has 0 fully saturated rings. The number of carbonyl (C=O) groups excluding carboxylic acids is 4. The summed E-state index contributed by atoms with van der Waals surface area (Å²) < 4.78 is 4.71. The van der Waals surface area contributed by atoms with Crippen LogP contribution in [0.3, 0.4) is 0 Å². The molecule has 7 heteroatoms. The van der Waals surface area contributed by atoms with Crippen LogP contribution < -0.4 is 0 Å². The third-order valence-corrected chi connectivity index (χ3v) is 2.65. The van der Waals surface area contributed by atoms with Gasteiger partial charge in [0.2, 0.25) is 12.2 Å². The molecule has 0 aromatic rings. The monoisotopic (exact) mass is 296 g/mol. The van der Waals surface area contributed by atoms with E-state index in [-0.39, 0.29) is 0 Å². The highest BCUT2D eigenvalue weighted by atomic mass is 16.6. The number of ether oxygens (including phenoxy) is 1. The molecule has 0 spiro atoms. The van der Waals surface area contributed by atoms with E-state index in [0.717, 1.165) is 0 Å². The van der Waals surface area contributed by atoms with Crippen LogP contribution in [0.25, 0.3) is 0 Å². The topological polar surface area (TPSA) is 102 Å². The highest BCUT2D eigenvalue weighted by molar-refractivity contribution is 5.92. The van der Waals surface area contributed by atoms with Crippen molar-refractivity contribution in [2.24, 2.45) is 20.8 Å². The molecule has 0 aromatic carbocycles. The Morgan fingerprint density at radius 1 is 0.810 bits per heavy atom. The number of rotatable bonds is 4. The highest BCUT2D eigenvalue weighted by Crippen LogP contribution is 2.26. The van der Waals surface area contributed by atoms with E-state index in [4.69, 9.17) is 4.74 Å². The van der Waals surface area contributed by atoms with Gasteiger partial charge in [-0.2, -0.15) is 9.98 Å². The Bertz CT molecular complexity index is 454. The SMILES string of the molecule is CC(C)(C)[C@H](N=C=O)C(=O)OC(=O)[C@@H](N=C=O)C(C)(C)C. The van der Waals surface area contributed by atoms with Gasteiger partial charge in [0.1, 0.15) is 0 Å². The first-order valence-corrected chi connectivity index (χ1v) is 6.34. The van der Waals surface area contributed by atoms with Crippen molar-refractivity contribution in [2.45, 2.75) is 53.6 Å². The number of carbonyl (C=O) groups is 2. The minimum Gasteiger partial charge on any atom is -0.390 e. The summed E-state index contributed by atoms with van der Waals surface area (Å²) in [5.74, 6) is -1.96. The Morgan fingerprint density at radius 2 is 1.10 bits per heavy atom. The lowest BCUT2D eigenvalue weighted by Gasteiger charge is -2.26. The molecule has 0 saturated carbocycles. The number of nitrogens with zero attached hydrogens (tertiary/aromatic N) is 2. The molecule has 7 nitrogen and oxygen atoms in total. The molecular formula is C14H20N2O5. The number of esters is 2. The van der Waals surface area contributed by atoms with Crippen molar-refractivity contribution < 1.29 is 23.9 Å². The lowest BCUT2D eigenvalue weighted by Crippen LogP contribution is -2.40. The number of hydrogen-bond acceptors (Lipinski definition) is 7. The minimum atomic E-state index is -1.17. The van der Waals surface area contributed by atoms with Crippen molar-refractivity contribution in [3.63, 3.8) is 0 Å². The van der Waals surface area contributed by atoms with Gasteiger partial charge >= 0.3 is 11.9 Å². The van der Waals surface area contributed by atoms with Gasteiger partial charge in [-0.1, -0.05) is 41.5 Å². The van der Waals surface area contributed by atoms with Gasteiger partial charge in [0.05, 0.1) is 0 Å². The minimum absolute atomic E-state index is 0.722. The van der Waals surface area contributed by atoms with Crippen LogP contribution in [0.5, 0.6) is 0 Å². The van der Waals surface area contributed by atoms with Gasteiger partial charge in [-0.3, -0.25) is 0 Å². The normalized spacial score (nSPS) is 14.2. The molecule has 0 aliphatic heterocycles. The molecule has 21 heavy (non-hydrogen) atoms. The van der Waals surface area contributed by atoms with Crippen molar-refractivity contribution in [3.8, 4) is 0 Å². The van der Waals surface area contributed by atoms with Crippen LogP contribution in [-0.2, 0) is 23.9 Å². The van der Waals surface area contributed by atoms with Gasteiger partial charge in [0, 0.05) is 0 Å². The quantitative estimate of drug-likeness (QED) is 0.339. The molecule has 0 aliphatic rings. The van der Waals surface area contributed by atoms with Crippen molar-refractivity contribution in [1.82, 2.24) is 0 Å². The maximum absolute atomic E-state index is 12.0. The van der Waals surface area contributed by atoms with Crippen LogP contribution in [0.2, 0.25) is 0 Å². The van der Waals surface area contributed by atoms with E-state index in [2.05, 4.69) is 9.98 Å². The Hall–Kier alpha value is -2.10. The van der Waals surface area contributed by atoms with E-state index in [1.54, 1.807) is 41.5 Å². The standard InChI is InChI=1S/C14H20N2O5/c1-13(2,3)9(15-7-17)11(19)21-12(20)10(16-8-18)14(4,5)6/h9-10H,1-6H3/t9-,10-/m1/s1. The fourth-order valence-electron chi connectivity index (χ4n) is 1.52. The van der Waals surface area contributed by atoms with Gasteiger partial charge in [-0.05, 0) is 10.8 Å². The van der Waals surface area contributed by atoms with Crippen molar-refractivity contribution in [1.29, 1.82) is 0 Å². The van der Waals surface area contributed by atoms with Crippen molar-refractivity contribution >= 4 is 24.1 Å². The molecule has 0 unspecified atom stereocenters. The predicted molar refractivity (Wildman–Crippen MR) is 73.8 cm³/mol. The zero-order valence-corrected chi connectivity index (χ0v) is 13.1. The smallest absolute Gasteiger partial charge is 0.340 e. The maximum atomic E-state index is 12.0. The molecule has 0 rings (SSSR count). The Balaban J connectivity index is 5.26. The first-order valence-electron chi connectivity index (χ1n) is 6.34. The van der Waals surface area contributed by atoms with E-state index in [1.807, 2.05) is 0 Å². The largest absolute Gasteiger partial charge is 0.390 e. The van der Waals surface area contributed by atoms with Gasteiger partial charge in [0.25, 0.3) is 0 Å². The zero-order chi connectivity index (χ0) is 16.8. The summed E-state index contributed by atoms with van der Waals surface area (Å²) in [5.41, 5.74) is -1.44. The number of hydrogen-bond donors (Lipinski definition) is 0. The Morgan fingerprint density at radius 3 is 1.29 bits per heavy atom. The molecular weight excluding hydrogens is 276 g/mol. The third kappa shape index (κ3) is 5.81. The van der Waals surface area contributed by atoms with Crippen LogP contribution in [0.4, 0.5) is 0 Å². The Labute approximate surface area is 123 Å². The lowest BCUT2D eigenvalue weighted by molar-refractivity contribution is -0.164. The summed E-state index contributed by atoms with van der Waals surface area (Å²) in [5, 5.41) is 0. The van der Waals surface area contributed by atoms with Crippen molar-refractivity contribution in [2.75, 3.05) is 0 Å². The first kappa shape index (κ1) is 18.9. The summed E-state index contributed by atoms with van der Waals surface area (Å²) >= 11 is 0. The van der Waals surface area contributed by atoms with E-state index in [1.165, 1.54) is 12.2 Å². The van der Waals surface area contributed by atoms with E-state index in [9.17, 15) is 19.2 Å². The molecule has 0 aliphatic carbocycles. The number of isocyanates is 2. The van der Waals surface area contributed by atoms with Crippen LogP contribution in [0.15, 0.2) is 9.98 Å². The lowest BCUT2D eigenvalue weighted by atomic mass is 9.86. The molecule has 0 bridgehead atoms. The molecule has 116 valence electrons. The summed E-state index contributed by atoms with van der Waals surface area (Å²) in [7, 11) is 0. The summed E-state index contributed by atoms with van der Waals surface area (Å²) in [6.45, 7) is 9.97. The second kappa shape index (κ2) is 7.07. The van der Waals surface area contributed by atoms with Gasteiger partial charge in [-0.25, -0.2) is 19.2 Å². The van der Waals surface area contributed by atoms with Gasteiger partial charge in [-0.15, -0.1) is 0 Å². The van der Waals surface area contributed by atoms with E-state index >= 15 is 0 Å². The summed E-state index contributed by atoms with van der Waals surface area (Å²) in [6, 6.07) is -2.33. The molecule has 0 radical (unpaired) electrons. The van der Waals surface area contributed by atoms with Crippen LogP contribution >= 0.6 is 0 Å². The van der Waals surface area contributed by atoms with Crippen LogP contribution in [0, 0.1) is 10.8 Å². The second-order valence-electron chi connectivity index (χ2n) is 6.72. The van der Waals surface area contributed by atoms with Crippen LogP contribution in [0.1, 0.15) is 41.5 Å². The zero-order valence-electron chi connectivity index (χ0n) is 13.1. The van der Waals surface area contributed by atoms with E-state index < -0.39 is 34.9 Å². The average Bonchev–Trinajstić information content (AvgIpc) is 2.29. The predicted octanol–water partition coefficient (Wildman–Crippen LogP) is 1.56. The maximum Gasteiger partial charge on any atom is 0.340 e. The van der Waals surface area contributed by atoms with Crippen molar-refractivity contribution in [3.05, 3.63) is 0 Å². The fraction of sp³-hybridized carbons (Fsp3) is 0.714. The highest BCUT2D eigenvalue weighted by Gasteiger charge is 2.38. The summed E-state index contributed by atoms with van der Waals surface area (Å²) in [4.78, 5) is 51.5. The molecule has 0 N–H and O–H groups in total. The van der Waals surface area contributed by atoms with Gasteiger partial charge < -0.3 is 4.74 Å². The fourth-order valence-corrected chi connectivity index (χ4v) is 1.52. The molecule has 0 saturated heterocycles. The van der Waals surface area contributed by atoms with Crippen LogP contribution in [-0.4, -0.2) is 36.2 Å².